The van der Waals surface area contributed by atoms with E-state index < -0.39 is 0 Å². The Balaban J connectivity index is 1.92. The predicted octanol–water partition coefficient (Wildman–Crippen LogP) is 3.26. The highest BCUT2D eigenvalue weighted by molar-refractivity contribution is 5.80. The quantitative estimate of drug-likeness (QED) is 0.807. The van der Waals surface area contributed by atoms with Crippen molar-refractivity contribution >= 4 is 5.78 Å². The highest BCUT2D eigenvalue weighted by Crippen LogP contribution is 2.10. The van der Waals surface area contributed by atoms with Crippen molar-refractivity contribution in [3.8, 4) is 0 Å². The highest BCUT2D eigenvalue weighted by atomic mass is 16.1. The average molecular weight is 270 g/mol. The fourth-order valence-corrected chi connectivity index (χ4v) is 2.46. The van der Waals surface area contributed by atoms with E-state index in [9.17, 15) is 4.79 Å². The van der Waals surface area contributed by atoms with Gasteiger partial charge in [-0.05, 0) is 38.8 Å². The number of hydrogen-bond acceptors (Lipinski definition) is 2. The Kier molecular flexibility index (Phi) is 4.72. The molecule has 2 aromatic rings. The molecule has 0 saturated carbocycles. The topological polar surface area (TPSA) is 34.9 Å². The van der Waals surface area contributed by atoms with E-state index in [1.165, 1.54) is 11.1 Å². The first kappa shape index (κ1) is 14.5. The van der Waals surface area contributed by atoms with Gasteiger partial charge in [0, 0.05) is 25.1 Å². The number of rotatable bonds is 6. The van der Waals surface area contributed by atoms with Crippen LogP contribution in [0.4, 0.5) is 0 Å². The van der Waals surface area contributed by atoms with E-state index in [0.29, 0.717) is 12.8 Å². The van der Waals surface area contributed by atoms with Crippen molar-refractivity contribution in [1.29, 1.82) is 0 Å². The van der Waals surface area contributed by atoms with E-state index in [1.54, 1.807) is 0 Å². The van der Waals surface area contributed by atoms with Gasteiger partial charge in [0.2, 0.25) is 0 Å². The minimum Gasteiger partial charge on any atom is -0.299 e. The van der Waals surface area contributed by atoms with E-state index in [-0.39, 0.29) is 5.78 Å². The number of carbonyl (C=O) groups excluding carboxylic acids is 1. The molecule has 0 bridgehead atoms. The van der Waals surface area contributed by atoms with Crippen LogP contribution in [0.3, 0.4) is 0 Å². The summed E-state index contributed by atoms with van der Waals surface area (Å²) >= 11 is 0. The van der Waals surface area contributed by atoms with Gasteiger partial charge in [-0.2, -0.15) is 5.10 Å². The molecule has 0 radical (unpaired) electrons. The molecule has 0 spiro atoms. The number of ketones is 1. The second kappa shape index (κ2) is 6.51. The van der Waals surface area contributed by atoms with Crippen molar-refractivity contribution in [1.82, 2.24) is 9.78 Å². The lowest BCUT2D eigenvalue weighted by molar-refractivity contribution is -0.118. The maximum absolute atomic E-state index is 12.1. The predicted molar refractivity (Wildman–Crippen MR) is 80.8 cm³/mol. The normalized spacial score (nSPS) is 10.8. The lowest BCUT2D eigenvalue weighted by Crippen LogP contribution is -2.10. The van der Waals surface area contributed by atoms with Crippen molar-refractivity contribution in [3.05, 3.63) is 52.8 Å². The van der Waals surface area contributed by atoms with Crippen LogP contribution in [-0.4, -0.2) is 15.6 Å². The summed E-state index contributed by atoms with van der Waals surface area (Å²) in [7, 11) is 0. The fraction of sp³-hybridized carbons (Fsp3) is 0.412. The van der Waals surface area contributed by atoms with Crippen LogP contribution in [-0.2, 0) is 24.2 Å². The molecule has 1 aromatic carbocycles. The standard InChI is InChI=1S/C17H22N2O/c1-4-19-16(11-14(3)18-19)12-17(20)9-8-15-7-5-6-13(2)10-15/h5-7,10-11H,4,8-9,12H2,1-3H3. The van der Waals surface area contributed by atoms with Gasteiger partial charge in [-0.25, -0.2) is 0 Å². The molecular weight excluding hydrogens is 248 g/mol. The van der Waals surface area contributed by atoms with Crippen molar-refractivity contribution in [3.63, 3.8) is 0 Å². The monoisotopic (exact) mass is 270 g/mol. The zero-order valence-electron chi connectivity index (χ0n) is 12.5. The third kappa shape index (κ3) is 3.80. The molecule has 3 nitrogen and oxygen atoms in total. The first-order valence-corrected chi connectivity index (χ1v) is 7.19. The zero-order chi connectivity index (χ0) is 14.5. The van der Waals surface area contributed by atoms with E-state index in [1.807, 2.05) is 30.7 Å². The molecule has 1 heterocycles. The zero-order valence-corrected chi connectivity index (χ0v) is 12.5. The Morgan fingerprint density at radius 3 is 2.75 bits per heavy atom. The van der Waals surface area contributed by atoms with Crippen LogP contribution in [0, 0.1) is 13.8 Å². The summed E-state index contributed by atoms with van der Waals surface area (Å²) in [4.78, 5) is 12.1. The lowest BCUT2D eigenvalue weighted by Gasteiger charge is -2.05. The van der Waals surface area contributed by atoms with Gasteiger partial charge in [-0.3, -0.25) is 9.48 Å². The first-order valence-electron chi connectivity index (χ1n) is 7.19. The Morgan fingerprint density at radius 1 is 1.25 bits per heavy atom. The number of aryl methyl sites for hydroxylation is 4. The van der Waals surface area contributed by atoms with Gasteiger partial charge in [-0.15, -0.1) is 0 Å². The van der Waals surface area contributed by atoms with Gasteiger partial charge in [0.1, 0.15) is 5.78 Å². The fourth-order valence-electron chi connectivity index (χ4n) is 2.46. The van der Waals surface area contributed by atoms with Crippen molar-refractivity contribution in [2.45, 2.75) is 46.6 Å². The smallest absolute Gasteiger partial charge is 0.139 e. The largest absolute Gasteiger partial charge is 0.299 e. The molecule has 0 aliphatic heterocycles. The molecule has 0 saturated heterocycles. The number of benzene rings is 1. The molecule has 2 rings (SSSR count). The molecule has 20 heavy (non-hydrogen) atoms. The third-order valence-corrected chi connectivity index (χ3v) is 3.44. The Labute approximate surface area is 120 Å². The van der Waals surface area contributed by atoms with Crippen LogP contribution in [0.1, 0.15) is 35.9 Å². The molecule has 3 heteroatoms. The molecule has 0 atom stereocenters. The summed E-state index contributed by atoms with van der Waals surface area (Å²) in [6, 6.07) is 10.4. The highest BCUT2D eigenvalue weighted by Gasteiger charge is 2.10. The van der Waals surface area contributed by atoms with Gasteiger partial charge < -0.3 is 0 Å². The average Bonchev–Trinajstić information content (AvgIpc) is 2.76. The van der Waals surface area contributed by atoms with Gasteiger partial charge in [0.05, 0.1) is 5.69 Å². The maximum Gasteiger partial charge on any atom is 0.139 e. The number of carbonyl (C=O) groups is 1. The van der Waals surface area contributed by atoms with Gasteiger partial charge in [-0.1, -0.05) is 29.8 Å². The molecule has 0 unspecified atom stereocenters. The minimum atomic E-state index is 0.279. The molecule has 0 amide bonds. The Morgan fingerprint density at radius 2 is 2.05 bits per heavy atom. The summed E-state index contributed by atoms with van der Waals surface area (Å²) in [5.74, 6) is 0.279. The number of aromatic nitrogens is 2. The number of nitrogens with zero attached hydrogens (tertiary/aromatic N) is 2. The van der Waals surface area contributed by atoms with E-state index in [0.717, 1.165) is 24.4 Å². The maximum atomic E-state index is 12.1. The van der Waals surface area contributed by atoms with Crippen LogP contribution in [0.25, 0.3) is 0 Å². The van der Waals surface area contributed by atoms with Crippen molar-refractivity contribution in [2.24, 2.45) is 0 Å². The lowest BCUT2D eigenvalue weighted by atomic mass is 10.0. The summed E-state index contributed by atoms with van der Waals surface area (Å²) in [6.07, 6.45) is 1.90. The summed E-state index contributed by atoms with van der Waals surface area (Å²) in [6.45, 7) is 6.91. The summed E-state index contributed by atoms with van der Waals surface area (Å²) in [5, 5.41) is 4.38. The molecule has 0 aliphatic rings. The van der Waals surface area contributed by atoms with E-state index >= 15 is 0 Å². The van der Waals surface area contributed by atoms with Crippen LogP contribution >= 0.6 is 0 Å². The van der Waals surface area contributed by atoms with Crippen molar-refractivity contribution < 1.29 is 4.79 Å². The van der Waals surface area contributed by atoms with Crippen LogP contribution in [0.15, 0.2) is 30.3 Å². The molecule has 106 valence electrons. The first-order chi connectivity index (χ1) is 9.58. The Hall–Kier alpha value is -1.90. The second-order valence-corrected chi connectivity index (χ2v) is 5.30. The third-order valence-electron chi connectivity index (χ3n) is 3.44. The number of Topliss-reactive ketones (excluding diaryl/α,β-unsaturated/α-hetero) is 1. The molecule has 0 fully saturated rings. The summed E-state index contributed by atoms with van der Waals surface area (Å²) < 4.78 is 1.92. The van der Waals surface area contributed by atoms with Crippen LogP contribution in [0.2, 0.25) is 0 Å². The molecular formula is C17H22N2O. The summed E-state index contributed by atoms with van der Waals surface area (Å²) in [5.41, 5.74) is 4.49. The van der Waals surface area contributed by atoms with E-state index in [2.05, 4.69) is 30.2 Å². The van der Waals surface area contributed by atoms with Crippen LogP contribution < -0.4 is 0 Å². The number of hydrogen-bond donors (Lipinski definition) is 0. The van der Waals surface area contributed by atoms with Gasteiger partial charge >= 0.3 is 0 Å². The van der Waals surface area contributed by atoms with Gasteiger partial charge in [0.15, 0.2) is 0 Å². The Bertz CT molecular complexity index is 599. The SMILES string of the molecule is CCn1nc(C)cc1CC(=O)CCc1cccc(C)c1. The van der Waals surface area contributed by atoms with Crippen molar-refractivity contribution in [2.75, 3.05) is 0 Å². The van der Waals surface area contributed by atoms with Crippen LogP contribution in [0.5, 0.6) is 0 Å². The second-order valence-electron chi connectivity index (χ2n) is 5.30. The van der Waals surface area contributed by atoms with E-state index in [4.69, 9.17) is 0 Å². The molecule has 0 N–H and O–H groups in total. The molecule has 1 aromatic heterocycles. The molecule has 0 aliphatic carbocycles. The minimum absolute atomic E-state index is 0.279. The van der Waals surface area contributed by atoms with Gasteiger partial charge in [0.25, 0.3) is 0 Å².